The van der Waals surface area contributed by atoms with Crippen LogP contribution in [0.2, 0.25) is 0 Å². The third kappa shape index (κ3) is 2.77. The molecule has 16 heavy (non-hydrogen) atoms. The molecule has 1 aromatic heterocycles. The third-order valence-electron chi connectivity index (χ3n) is 1.98. The number of ether oxygens (including phenoxy) is 1. The van der Waals surface area contributed by atoms with Crippen LogP contribution in [0.1, 0.15) is 23.0 Å². The van der Waals surface area contributed by atoms with Crippen molar-refractivity contribution in [1.29, 1.82) is 0 Å². The highest BCUT2D eigenvalue weighted by atomic mass is 32.1. The second kappa shape index (κ2) is 5.05. The van der Waals surface area contributed by atoms with Crippen molar-refractivity contribution >= 4 is 11.3 Å². The monoisotopic (exact) mass is 235 g/mol. The highest BCUT2D eigenvalue weighted by Crippen LogP contribution is 2.17. The fourth-order valence-electron chi connectivity index (χ4n) is 1.17. The number of hydrogen-bond donors (Lipinski definition) is 1. The molecular formula is C11H13N3OS. The maximum absolute atomic E-state index is 5.70. The number of benzene rings is 1. The predicted molar refractivity (Wildman–Crippen MR) is 63.3 cm³/mol. The van der Waals surface area contributed by atoms with Gasteiger partial charge >= 0.3 is 0 Å². The van der Waals surface area contributed by atoms with E-state index in [0.29, 0.717) is 6.61 Å². The Kier molecular flexibility index (Phi) is 3.48. The standard InChI is InChI=1S/C11H13N3OS/c1-8(12)11-14-13-10(16-11)7-15-9-5-3-2-4-6-9/h2-6,8H,7,12H2,1H3. The summed E-state index contributed by atoms with van der Waals surface area (Å²) < 4.78 is 5.55. The molecule has 0 aliphatic heterocycles. The molecule has 5 heteroatoms. The Labute approximate surface area is 98.1 Å². The Morgan fingerprint density at radius 1 is 1.31 bits per heavy atom. The Bertz CT molecular complexity index is 442. The van der Waals surface area contributed by atoms with Crippen LogP contribution in [-0.2, 0) is 6.61 Å². The SMILES string of the molecule is CC(N)c1nnc(COc2ccccc2)s1. The molecule has 1 aromatic carbocycles. The molecule has 2 aromatic rings. The summed E-state index contributed by atoms with van der Waals surface area (Å²) in [5.74, 6) is 0.833. The van der Waals surface area contributed by atoms with Crippen molar-refractivity contribution in [3.8, 4) is 5.75 Å². The van der Waals surface area contributed by atoms with Crippen LogP contribution >= 0.6 is 11.3 Å². The predicted octanol–water partition coefficient (Wildman–Crippen LogP) is 2.14. The smallest absolute Gasteiger partial charge is 0.155 e. The Hall–Kier alpha value is -1.46. The van der Waals surface area contributed by atoms with Crippen molar-refractivity contribution in [1.82, 2.24) is 10.2 Å². The molecule has 0 radical (unpaired) electrons. The number of para-hydroxylation sites is 1. The van der Waals surface area contributed by atoms with Crippen LogP contribution in [0.25, 0.3) is 0 Å². The van der Waals surface area contributed by atoms with Crippen molar-refractivity contribution < 1.29 is 4.74 Å². The molecule has 4 nitrogen and oxygen atoms in total. The van der Waals surface area contributed by atoms with E-state index in [4.69, 9.17) is 10.5 Å². The quantitative estimate of drug-likeness (QED) is 0.882. The first-order chi connectivity index (χ1) is 7.75. The van der Waals surface area contributed by atoms with Gasteiger partial charge in [0.05, 0.1) is 6.04 Å². The average molecular weight is 235 g/mol. The zero-order valence-electron chi connectivity index (χ0n) is 8.96. The van der Waals surface area contributed by atoms with E-state index in [1.807, 2.05) is 37.3 Å². The van der Waals surface area contributed by atoms with Gasteiger partial charge in [-0.25, -0.2) is 0 Å². The lowest BCUT2D eigenvalue weighted by Gasteiger charge is -2.01. The molecular weight excluding hydrogens is 222 g/mol. The molecule has 0 spiro atoms. The zero-order chi connectivity index (χ0) is 11.4. The first kappa shape index (κ1) is 11.0. The van der Waals surface area contributed by atoms with Crippen LogP contribution in [0.15, 0.2) is 30.3 Å². The second-order valence-electron chi connectivity index (χ2n) is 3.42. The topological polar surface area (TPSA) is 61.0 Å². The summed E-state index contributed by atoms with van der Waals surface area (Å²) in [5, 5.41) is 9.69. The van der Waals surface area contributed by atoms with Crippen LogP contribution in [0.5, 0.6) is 5.75 Å². The molecule has 0 aliphatic carbocycles. The Morgan fingerprint density at radius 3 is 2.69 bits per heavy atom. The van der Waals surface area contributed by atoms with E-state index < -0.39 is 0 Å². The van der Waals surface area contributed by atoms with E-state index in [1.54, 1.807) is 0 Å². The molecule has 0 aliphatic rings. The highest BCUT2D eigenvalue weighted by Gasteiger charge is 2.08. The van der Waals surface area contributed by atoms with Crippen molar-refractivity contribution in [2.24, 2.45) is 5.73 Å². The van der Waals surface area contributed by atoms with E-state index in [2.05, 4.69) is 10.2 Å². The maximum atomic E-state index is 5.70. The van der Waals surface area contributed by atoms with Gasteiger partial charge < -0.3 is 10.5 Å². The first-order valence-corrected chi connectivity index (χ1v) is 5.83. The van der Waals surface area contributed by atoms with E-state index in [-0.39, 0.29) is 6.04 Å². The third-order valence-corrected chi connectivity index (χ3v) is 3.08. The summed E-state index contributed by atoms with van der Waals surface area (Å²) in [6.07, 6.45) is 0. The number of hydrogen-bond acceptors (Lipinski definition) is 5. The second-order valence-corrected chi connectivity index (χ2v) is 4.52. The van der Waals surface area contributed by atoms with E-state index in [0.717, 1.165) is 15.8 Å². The molecule has 2 rings (SSSR count). The summed E-state index contributed by atoms with van der Waals surface area (Å²) >= 11 is 1.49. The van der Waals surface area contributed by atoms with Gasteiger partial charge in [0.2, 0.25) is 0 Å². The normalized spacial score (nSPS) is 12.4. The largest absolute Gasteiger partial charge is 0.486 e. The van der Waals surface area contributed by atoms with Crippen molar-refractivity contribution in [3.05, 3.63) is 40.3 Å². The van der Waals surface area contributed by atoms with Gasteiger partial charge in [-0.2, -0.15) is 0 Å². The molecule has 84 valence electrons. The molecule has 0 bridgehead atoms. The van der Waals surface area contributed by atoms with E-state index >= 15 is 0 Å². The number of nitrogens with zero attached hydrogens (tertiary/aromatic N) is 2. The van der Waals surface area contributed by atoms with E-state index in [9.17, 15) is 0 Å². The fraction of sp³-hybridized carbons (Fsp3) is 0.273. The summed E-state index contributed by atoms with van der Waals surface area (Å²) in [4.78, 5) is 0. The van der Waals surface area contributed by atoms with Gasteiger partial charge in [-0.15, -0.1) is 10.2 Å². The molecule has 0 saturated carbocycles. The van der Waals surface area contributed by atoms with Gasteiger partial charge in [0, 0.05) is 0 Å². The van der Waals surface area contributed by atoms with Crippen LogP contribution < -0.4 is 10.5 Å². The lowest BCUT2D eigenvalue weighted by Crippen LogP contribution is -2.03. The minimum atomic E-state index is -0.0667. The van der Waals surface area contributed by atoms with Crippen LogP contribution in [0, 0.1) is 0 Å². The Balaban J connectivity index is 1.95. The minimum Gasteiger partial charge on any atom is -0.486 e. The molecule has 0 amide bonds. The number of rotatable bonds is 4. The van der Waals surface area contributed by atoms with Gasteiger partial charge in [-0.1, -0.05) is 29.5 Å². The molecule has 0 fully saturated rings. The van der Waals surface area contributed by atoms with Crippen LogP contribution in [0.4, 0.5) is 0 Å². The number of nitrogens with two attached hydrogens (primary N) is 1. The van der Waals surface area contributed by atoms with Crippen molar-refractivity contribution in [2.45, 2.75) is 19.6 Å². The maximum Gasteiger partial charge on any atom is 0.155 e. The van der Waals surface area contributed by atoms with Crippen molar-refractivity contribution in [2.75, 3.05) is 0 Å². The molecule has 1 atom stereocenters. The lowest BCUT2D eigenvalue weighted by molar-refractivity contribution is 0.304. The van der Waals surface area contributed by atoms with Gasteiger partial charge in [-0.05, 0) is 19.1 Å². The van der Waals surface area contributed by atoms with Gasteiger partial charge in [0.15, 0.2) is 5.01 Å². The summed E-state index contributed by atoms with van der Waals surface area (Å²) in [6, 6.07) is 9.57. The molecule has 1 unspecified atom stereocenters. The fourth-order valence-corrected chi connectivity index (χ4v) is 1.88. The zero-order valence-corrected chi connectivity index (χ0v) is 9.78. The van der Waals surface area contributed by atoms with Crippen molar-refractivity contribution in [3.63, 3.8) is 0 Å². The molecule has 1 heterocycles. The first-order valence-electron chi connectivity index (χ1n) is 5.01. The Morgan fingerprint density at radius 2 is 2.06 bits per heavy atom. The van der Waals surface area contributed by atoms with Gasteiger partial charge in [0.25, 0.3) is 0 Å². The average Bonchev–Trinajstić information content (AvgIpc) is 2.76. The van der Waals surface area contributed by atoms with Crippen LogP contribution in [-0.4, -0.2) is 10.2 Å². The highest BCUT2D eigenvalue weighted by molar-refractivity contribution is 7.11. The van der Waals surface area contributed by atoms with Gasteiger partial charge in [-0.3, -0.25) is 0 Å². The van der Waals surface area contributed by atoms with Gasteiger partial charge in [0.1, 0.15) is 17.4 Å². The minimum absolute atomic E-state index is 0.0667. The summed E-state index contributed by atoms with van der Waals surface area (Å²) in [6.45, 7) is 2.33. The molecule has 2 N–H and O–H groups in total. The lowest BCUT2D eigenvalue weighted by atomic mass is 10.3. The summed E-state index contributed by atoms with van der Waals surface area (Å²) in [7, 11) is 0. The van der Waals surface area contributed by atoms with E-state index in [1.165, 1.54) is 11.3 Å². The molecule has 0 saturated heterocycles. The number of aromatic nitrogens is 2. The summed E-state index contributed by atoms with van der Waals surface area (Å²) in [5.41, 5.74) is 5.70. The van der Waals surface area contributed by atoms with Crippen LogP contribution in [0.3, 0.4) is 0 Å².